The van der Waals surface area contributed by atoms with E-state index in [-0.39, 0.29) is 12.0 Å². The van der Waals surface area contributed by atoms with Crippen LogP contribution < -0.4 is 0 Å². The first kappa shape index (κ1) is 18.3. The molecule has 138 valence electrons. The van der Waals surface area contributed by atoms with Gasteiger partial charge >= 0.3 is 0 Å². The van der Waals surface area contributed by atoms with Crippen molar-refractivity contribution in [3.63, 3.8) is 0 Å². The molecule has 2 fully saturated rings. The van der Waals surface area contributed by atoms with Crippen LogP contribution in [0.2, 0.25) is 0 Å². The molecule has 2 aliphatic heterocycles. The second kappa shape index (κ2) is 9.27. The number of carbonyl (C=O) groups excluding carboxylic acids is 1. The van der Waals surface area contributed by atoms with Gasteiger partial charge in [0.2, 0.25) is 5.91 Å². The molecular weight excluding hydrogens is 316 g/mol. The van der Waals surface area contributed by atoms with Gasteiger partial charge in [-0.25, -0.2) is 0 Å². The molecule has 1 aromatic rings. The van der Waals surface area contributed by atoms with E-state index in [0.717, 1.165) is 57.5 Å². The molecule has 3 rings (SSSR count). The zero-order valence-corrected chi connectivity index (χ0v) is 15.3. The third-order valence-corrected chi connectivity index (χ3v) is 5.11. The van der Waals surface area contributed by atoms with Crippen molar-refractivity contribution < 1.29 is 9.53 Å². The van der Waals surface area contributed by atoms with E-state index in [2.05, 4.69) is 21.8 Å². The van der Waals surface area contributed by atoms with Crippen LogP contribution in [0.25, 0.3) is 0 Å². The van der Waals surface area contributed by atoms with Crippen LogP contribution in [-0.4, -0.2) is 84.6 Å². The predicted octanol–water partition coefficient (Wildman–Crippen LogP) is 1.23. The highest BCUT2D eigenvalue weighted by molar-refractivity contribution is 5.78. The number of rotatable bonds is 5. The molecule has 0 bridgehead atoms. The molecule has 1 amide bonds. The topological polar surface area (TPSA) is 48.9 Å². The zero-order valence-electron chi connectivity index (χ0n) is 15.3. The number of hydrogen-bond acceptors (Lipinski definition) is 5. The Morgan fingerprint density at radius 1 is 1.24 bits per heavy atom. The van der Waals surface area contributed by atoms with E-state index in [1.807, 2.05) is 23.2 Å². The molecule has 0 aromatic carbocycles. The van der Waals surface area contributed by atoms with E-state index < -0.39 is 0 Å². The first-order valence-corrected chi connectivity index (χ1v) is 9.40. The standard InChI is InChI=1S/C19H30N4O2/c1-21-8-4-9-22(12-11-21)15-19(24)23-10-3-6-18(14-23)25-16-17-5-2-7-20-13-17/h2,5,7,13,18H,3-4,6,8-12,14-16H2,1H3. The van der Waals surface area contributed by atoms with E-state index in [4.69, 9.17) is 4.74 Å². The lowest BCUT2D eigenvalue weighted by atomic mass is 10.1. The van der Waals surface area contributed by atoms with E-state index in [0.29, 0.717) is 19.7 Å². The molecule has 0 N–H and O–H groups in total. The Labute approximate surface area is 150 Å². The molecular formula is C19H30N4O2. The van der Waals surface area contributed by atoms with Crippen LogP contribution in [0.15, 0.2) is 24.5 Å². The van der Waals surface area contributed by atoms with Crippen molar-refractivity contribution in [2.75, 3.05) is 52.9 Å². The quantitative estimate of drug-likeness (QED) is 0.803. The van der Waals surface area contributed by atoms with Crippen molar-refractivity contribution in [3.8, 4) is 0 Å². The van der Waals surface area contributed by atoms with Gasteiger partial charge < -0.3 is 14.5 Å². The summed E-state index contributed by atoms with van der Waals surface area (Å²) in [5.74, 6) is 0.249. The maximum Gasteiger partial charge on any atom is 0.236 e. The Kier molecular flexibility index (Phi) is 6.78. The number of likely N-dealkylation sites (N-methyl/N-ethyl adjacent to an activating group) is 1. The molecule has 0 spiro atoms. The summed E-state index contributed by atoms with van der Waals surface area (Å²) < 4.78 is 6.02. The van der Waals surface area contributed by atoms with Crippen LogP contribution in [0.4, 0.5) is 0 Å². The predicted molar refractivity (Wildman–Crippen MR) is 97.2 cm³/mol. The minimum atomic E-state index is 0.133. The SMILES string of the molecule is CN1CCCN(CC(=O)N2CCCC(OCc3cccnc3)C2)CC1. The van der Waals surface area contributed by atoms with Gasteiger partial charge in [0, 0.05) is 38.6 Å². The smallest absolute Gasteiger partial charge is 0.236 e. The van der Waals surface area contributed by atoms with Gasteiger partial charge in [-0.3, -0.25) is 14.7 Å². The second-order valence-electron chi connectivity index (χ2n) is 7.21. The summed E-state index contributed by atoms with van der Waals surface area (Å²) in [6, 6.07) is 3.95. The number of carbonyl (C=O) groups is 1. The lowest BCUT2D eigenvalue weighted by molar-refractivity contribution is -0.136. The summed E-state index contributed by atoms with van der Waals surface area (Å²) >= 11 is 0. The minimum absolute atomic E-state index is 0.133. The summed E-state index contributed by atoms with van der Waals surface area (Å²) in [6.07, 6.45) is 6.92. The van der Waals surface area contributed by atoms with Crippen molar-refractivity contribution in [1.29, 1.82) is 0 Å². The van der Waals surface area contributed by atoms with Crippen molar-refractivity contribution in [2.24, 2.45) is 0 Å². The van der Waals surface area contributed by atoms with Crippen LogP contribution in [0, 0.1) is 0 Å². The van der Waals surface area contributed by atoms with Crippen molar-refractivity contribution in [3.05, 3.63) is 30.1 Å². The van der Waals surface area contributed by atoms with Gasteiger partial charge in [-0.15, -0.1) is 0 Å². The minimum Gasteiger partial charge on any atom is -0.372 e. The number of likely N-dealkylation sites (tertiary alicyclic amines) is 1. The number of hydrogen-bond donors (Lipinski definition) is 0. The lowest BCUT2D eigenvalue weighted by Crippen LogP contribution is -2.47. The number of piperidine rings is 1. The molecule has 1 unspecified atom stereocenters. The molecule has 1 atom stereocenters. The molecule has 6 heteroatoms. The fourth-order valence-electron chi connectivity index (χ4n) is 3.55. The van der Waals surface area contributed by atoms with Crippen LogP contribution in [0.3, 0.4) is 0 Å². The van der Waals surface area contributed by atoms with E-state index in [1.54, 1.807) is 6.20 Å². The van der Waals surface area contributed by atoms with E-state index >= 15 is 0 Å². The molecule has 2 aliphatic rings. The monoisotopic (exact) mass is 346 g/mol. The van der Waals surface area contributed by atoms with Crippen LogP contribution in [0.1, 0.15) is 24.8 Å². The summed E-state index contributed by atoms with van der Waals surface area (Å²) in [5.41, 5.74) is 1.08. The fraction of sp³-hybridized carbons (Fsp3) is 0.684. The number of aromatic nitrogens is 1. The number of nitrogens with zero attached hydrogens (tertiary/aromatic N) is 4. The third-order valence-electron chi connectivity index (χ3n) is 5.11. The highest BCUT2D eigenvalue weighted by Gasteiger charge is 2.25. The van der Waals surface area contributed by atoms with Gasteiger partial charge in [0.1, 0.15) is 0 Å². The average molecular weight is 346 g/mol. The summed E-state index contributed by atoms with van der Waals surface area (Å²) in [7, 11) is 2.15. The first-order chi connectivity index (χ1) is 12.2. The van der Waals surface area contributed by atoms with E-state index in [9.17, 15) is 4.79 Å². The van der Waals surface area contributed by atoms with Gasteiger partial charge in [0.25, 0.3) is 0 Å². The normalized spacial score (nSPS) is 23.4. The summed E-state index contributed by atoms with van der Waals surface area (Å²) in [5, 5.41) is 0. The maximum atomic E-state index is 12.7. The summed E-state index contributed by atoms with van der Waals surface area (Å²) in [6.45, 7) is 6.86. The third kappa shape index (κ3) is 5.76. The molecule has 2 saturated heterocycles. The Morgan fingerprint density at radius 3 is 3.00 bits per heavy atom. The molecule has 25 heavy (non-hydrogen) atoms. The Hall–Kier alpha value is -1.50. The summed E-state index contributed by atoms with van der Waals surface area (Å²) in [4.78, 5) is 23.4. The number of pyridine rings is 1. The van der Waals surface area contributed by atoms with Crippen molar-refractivity contribution >= 4 is 5.91 Å². The second-order valence-corrected chi connectivity index (χ2v) is 7.21. The van der Waals surface area contributed by atoms with Crippen LogP contribution >= 0.6 is 0 Å². The largest absolute Gasteiger partial charge is 0.372 e. The highest BCUT2D eigenvalue weighted by Crippen LogP contribution is 2.15. The number of amides is 1. The zero-order chi connectivity index (χ0) is 17.5. The van der Waals surface area contributed by atoms with Crippen LogP contribution in [0.5, 0.6) is 0 Å². The van der Waals surface area contributed by atoms with Crippen molar-refractivity contribution in [2.45, 2.75) is 32.0 Å². The molecule has 0 saturated carbocycles. The van der Waals surface area contributed by atoms with Gasteiger partial charge in [0.05, 0.1) is 19.3 Å². The highest BCUT2D eigenvalue weighted by atomic mass is 16.5. The number of ether oxygens (including phenoxy) is 1. The molecule has 0 aliphatic carbocycles. The Morgan fingerprint density at radius 2 is 2.16 bits per heavy atom. The Bertz CT molecular complexity index is 539. The molecule has 6 nitrogen and oxygen atoms in total. The average Bonchev–Trinajstić information content (AvgIpc) is 2.85. The van der Waals surface area contributed by atoms with Gasteiger partial charge in [-0.05, 0) is 51.0 Å². The lowest BCUT2D eigenvalue weighted by Gasteiger charge is -2.34. The maximum absolute atomic E-state index is 12.7. The van der Waals surface area contributed by atoms with Gasteiger partial charge in [0.15, 0.2) is 0 Å². The van der Waals surface area contributed by atoms with Crippen LogP contribution in [-0.2, 0) is 16.1 Å². The fourth-order valence-corrected chi connectivity index (χ4v) is 3.55. The van der Waals surface area contributed by atoms with Gasteiger partial charge in [-0.2, -0.15) is 0 Å². The first-order valence-electron chi connectivity index (χ1n) is 9.40. The molecule has 0 radical (unpaired) electrons. The van der Waals surface area contributed by atoms with Gasteiger partial charge in [-0.1, -0.05) is 6.07 Å². The molecule has 3 heterocycles. The van der Waals surface area contributed by atoms with E-state index in [1.165, 1.54) is 0 Å². The Balaban J connectivity index is 1.44. The molecule has 1 aromatic heterocycles. The van der Waals surface area contributed by atoms with Crippen molar-refractivity contribution in [1.82, 2.24) is 19.7 Å².